The Morgan fingerprint density at radius 1 is 1.44 bits per heavy atom. The first-order valence-electron chi connectivity index (χ1n) is 7.02. The van der Waals surface area contributed by atoms with Gasteiger partial charge >= 0.3 is 0 Å². The van der Waals surface area contributed by atoms with E-state index in [0.717, 1.165) is 51.5 Å². The van der Waals surface area contributed by atoms with Crippen LogP contribution in [0, 0.1) is 12.8 Å². The number of imidazole rings is 1. The van der Waals surface area contributed by atoms with Crippen LogP contribution in [0.25, 0.3) is 0 Å². The highest BCUT2D eigenvalue weighted by atomic mass is 16.5. The van der Waals surface area contributed by atoms with Crippen LogP contribution in [-0.2, 0) is 24.2 Å². The Balaban J connectivity index is 1.84. The van der Waals surface area contributed by atoms with Crippen LogP contribution in [0.1, 0.15) is 37.5 Å². The zero-order chi connectivity index (χ0) is 13.0. The van der Waals surface area contributed by atoms with Gasteiger partial charge in [-0.15, -0.1) is 0 Å². The molecule has 2 heterocycles. The van der Waals surface area contributed by atoms with Gasteiger partial charge in [0.15, 0.2) is 0 Å². The van der Waals surface area contributed by atoms with Crippen molar-refractivity contribution in [1.82, 2.24) is 14.9 Å². The van der Waals surface area contributed by atoms with Crippen LogP contribution in [-0.4, -0.2) is 29.3 Å². The van der Waals surface area contributed by atoms with Crippen molar-refractivity contribution < 1.29 is 4.74 Å². The van der Waals surface area contributed by atoms with E-state index in [9.17, 15) is 0 Å². The normalized spacial score (nSPS) is 15.1. The van der Waals surface area contributed by atoms with E-state index in [1.807, 2.05) is 0 Å². The van der Waals surface area contributed by atoms with E-state index in [1.54, 1.807) is 0 Å². The second-order valence-corrected chi connectivity index (χ2v) is 5.45. The summed E-state index contributed by atoms with van der Waals surface area (Å²) in [4.78, 5) is 4.64. The maximum Gasteiger partial charge on any atom is 0.106 e. The molecule has 0 atom stereocenters. The van der Waals surface area contributed by atoms with Gasteiger partial charge in [0, 0.05) is 45.0 Å². The highest BCUT2D eigenvalue weighted by Gasteiger charge is 2.17. The molecule has 0 saturated carbocycles. The molecule has 1 aliphatic rings. The van der Waals surface area contributed by atoms with E-state index in [0.29, 0.717) is 5.92 Å². The lowest BCUT2D eigenvalue weighted by molar-refractivity contribution is 0.105. The molecule has 4 nitrogen and oxygen atoms in total. The van der Waals surface area contributed by atoms with E-state index >= 15 is 0 Å². The Kier molecular flexibility index (Phi) is 4.78. The van der Waals surface area contributed by atoms with Crippen LogP contribution in [0.3, 0.4) is 0 Å². The Hall–Kier alpha value is -0.870. The monoisotopic (exact) mass is 251 g/mol. The molecule has 1 aromatic rings. The number of fused-ring (bicyclic) bond motifs is 1. The molecule has 0 fully saturated rings. The molecule has 1 aliphatic heterocycles. The molecule has 0 amide bonds. The van der Waals surface area contributed by atoms with E-state index in [-0.39, 0.29) is 0 Å². The minimum Gasteiger partial charge on any atom is -0.381 e. The van der Waals surface area contributed by atoms with Gasteiger partial charge in [0.05, 0.1) is 5.69 Å². The molecule has 18 heavy (non-hydrogen) atoms. The molecule has 0 spiro atoms. The van der Waals surface area contributed by atoms with Crippen molar-refractivity contribution in [3.05, 3.63) is 17.2 Å². The van der Waals surface area contributed by atoms with Crippen LogP contribution >= 0.6 is 0 Å². The predicted octanol–water partition coefficient (Wildman–Crippen LogP) is 1.90. The van der Waals surface area contributed by atoms with E-state index in [4.69, 9.17) is 4.74 Å². The molecule has 0 unspecified atom stereocenters. The highest BCUT2D eigenvalue weighted by Crippen LogP contribution is 2.16. The van der Waals surface area contributed by atoms with Crippen LogP contribution in [0.4, 0.5) is 0 Å². The lowest BCUT2D eigenvalue weighted by Gasteiger charge is -2.16. The smallest absolute Gasteiger partial charge is 0.106 e. The van der Waals surface area contributed by atoms with Gasteiger partial charge in [-0.2, -0.15) is 0 Å². The Morgan fingerprint density at radius 3 is 3.06 bits per heavy atom. The minimum absolute atomic E-state index is 0.624. The number of aryl methyl sites for hydroxylation is 1. The first-order valence-corrected chi connectivity index (χ1v) is 7.02. The van der Waals surface area contributed by atoms with Crippen molar-refractivity contribution in [1.29, 1.82) is 0 Å². The Labute approximate surface area is 110 Å². The standard InChI is InChI=1S/C14H25N3O/c1-11(2)10-18-8-4-7-17-12(3)16-13-9-15-6-5-14(13)17/h11,15H,4-10H2,1-3H3. The summed E-state index contributed by atoms with van der Waals surface area (Å²) >= 11 is 0. The van der Waals surface area contributed by atoms with Crippen LogP contribution in [0.2, 0.25) is 0 Å². The summed E-state index contributed by atoms with van der Waals surface area (Å²) in [6, 6.07) is 0. The average molecular weight is 251 g/mol. The molecule has 4 heteroatoms. The van der Waals surface area contributed by atoms with Gasteiger partial charge in [-0.25, -0.2) is 4.98 Å². The van der Waals surface area contributed by atoms with Gasteiger partial charge in [-0.1, -0.05) is 13.8 Å². The maximum absolute atomic E-state index is 5.63. The van der Waals surface area contributed by atoms with E-state index < -0.39 is 0 Å². The quantitative estimate of drug-likeness (QED) is 0.785. The third kappa shape index (κ3) is 3.33. The zero-order valence-electron chi connectivity index (χ0n) is 11.8. The van der Waals surface area contributed by atoms with E-state index in [1.165, 1.54) is 11.4 Å². The van der Waals surface area contributed by atoms with E-state index in [2.05, 4.69) is 35.6 Å². The van der Waals surface area contributed by atoms with Crippen molar-refractivity contribution in [3.8, 4) is 0 Å². The largest absolute Gasteiger partial charge is 0.381 e. The number of aromatic nitrogens is 2. The minimum atomic E-state index is 0.624. The molecule has 0 aliphatic carbocycles. The summed E-state index contributed by atoms with van der Waals surface area (Å²) in [5, 5.41) is 3.37. The number of hydrogen-bond donors (Lipinski definition) is 1. The number of hydrogen-bond acceptors (Lipinski definition) is 3. The molecule has 1 aromatic heterocycles. The van der Waals surface area contributed by atoms with Crippen LogP contribution < -0.4 is 5.32 Å². The Morgan fingerprint density at radius 2 is 2.28 bits per heavy atom. The lowest BCUT2D eigenvalue weighted by Crippen LogP contribution is -2.25. The Bertz CT molecular complexity index is 385. The molecular formula is C14H25N3O. The average Bonchev–Trinajstić information content (AvgIpc) is 2.65. The predicted molar refractivity (Wildman–Crippen MR) is 72.6 cm³/mol. The van der Waals surface area contributed by atoms with Crippen LogP contribution in [0.15, 0.2) is 0 Å². The fourth-order valence-electron chi connectivity index (χ4n) is 2.45. The van der Waals surface area contributed by atoms with Crippen molar-refractivity contribution in [3.63, 3.8) is 0 Å². The molecule has 0 aromatic carbocycles. The fraction of sp³-hybridized carbons (Fsp3) is 0.786. The van der Waals surface area contributed by atoms with Gasteiger partial charge in [-0.3, -0.25) is 0 Å². The summed E-state index contributed by atoms with van der Waals surface area (Å²) in [5.74, 6) is 1.77. The molecule has 102 valence electrons. The number of nitrogens with zero attached hydrogens (tertiary/aromatic N) is 2. The molecule has 2 rings (SSSR count). The summed E-state index contributed by atoms with van der Waals surface area (Å²) in [6.07, 6.45) is 2.17. The first kappa shape index (κ1) is 13.6. The van der Waals surface area contributed by atoms with Gasteiger partial charge in [-0.05, 0) is 19.3 Å². The summed E-state index contributed by atoms with van der Waals surface area (Å²) in [6.45, 7) is 11.2. The third-order valence-electron chi connectivity index (χ3n) is 3.30. The summed E-state index contributed by atoms with van der Waals surface area (Å²) in [5.41, 5.74) is 2.66. The van der Waals surface area contributed by atoms with Crippen molar-refractivity contribution in [2.45, 2.75) is 46.7 Å². The number of rotatable bonds is 6. The highest BCUT2D eigenvalue weighted by molar-refractivity contribution is 5.19. The maximum atomic E-state index is 5.63. The topological polar surface area (TPSA) is 39.1 Å². The van der Waals surface area contributed by atoms with Crippen LogP contribution in [0.5, 0.6) is 0 Å². The summed E-state index contributed by atoms with van der Waals surface area (Å²) < 4.78 is 8.00. The van der Waals surface area contributed by atoms with Gasteiger partial charge in [0.2, 0.25) is 0 Å². The number of nitrogens with one attached hydrogen (secondary N) is 1. The molecular weight excluding hydrogens is 226 g/mol. The van der Waals surface area contributed by atoms with Crippen molar-refractivity contribution in [2.75, 3.05) is 19.8 Å². The van der Waals surface area contributed by atoms with Gasteiger partial charge in [0.1, 0.15) is 5.82 Å². The lowest BCUT2D eigenvalue weighted by atomic mass is 10.2. The first-order chi connectivity index (χ1) is 8.68. The number of ether oxygens (including phenoxy) is 1. The van der Waals surface area contributed by atoms with Crippen molar-refractivity contribution in [2.24, 2.45) is 5.92 Å². The zero-order valence-corrected chi connectivity index (χ0v) is 11.8. The second-order valence-electron chi connectivity index (χ2n) is 5.45. The fourth-order valence-corrected chi connectivity index (χ4v) is 2.45. The second kappa shape index (κ2) is 6.34. The third-order valence-corrected chi connectivity index (χ3v) is 3.30. The molecule has 0 bridgehead atoms. The summed E-state index contributed by atoms with van der Waals surface area (Å²) in [7, 11) is 0. The SMILES string of the molecule is Cc1nc2c(n1CCCOCC(C)C)CCNC2. The molecule has 0 radical (unpaired) electrons. The van der Waals surface area contributed by atoms with Gasteiger partial charge < -0.3 is 14.6 Å². The molecule has 0 saturated heterocycles. The van der Waals surface area contributed by atoms with Gasteiger partial charge in [0.25, 0.3) is 0 Å². The van der Waals surface area contributed by atoms with Crippen molar-refractivity contribution >= 4 is 0 Å². The molecule has 1 N–H and O–H groups in total.